The van der Waals surface area contributed by atoms with E-state index in [9.17, 15) is 4.79 Å². The second kappa shape index (κ2) is 5.11. The summed E-state index contributed by atoms with van der Waals surface area (Å²) < 4.78 is 0. The quantitative estimate of drug-likeness (QED) is 0.773. The number of nitrogens with one attached hydrogen (secondary N) is 1. The number of hydrogen-bond donors (Lipinski definition) is 1. The molecule has 5 rings (SSSR count). The van der Waals surface area contributed by atoms with Crippen LogP contribution in [0.25, 0.3) is 0 Å². The summed E-state index contributed by atoms with van der Waals surface area (Å²) in [5, 5.41) is 3.61. The molecule has 5 fully saturated rings. The Balaban J connectivity index is 1.72. The third-order valence-corrected chi connectivity index (χ3v) is 7.68. The minimum Gasteiger partial charge on any atom is -0.346 e. The zero-order valence-corrected chi connectivity index (χ0v) is 14.2. The van der Waals surface area contributed by atoms with Gasteiger partial charge in [-0.3, -0.25) is 4.79 Å². The SMILES string of the molecule is C=C(C)C(=O)NC1(C2CCCC2C)C2CC3CC(C2)CC1C3. The third-order valence-electron chi connectivity index (χ3n) is 7.68. The van der Waals surface area contributed by atoms with E-state index in [0.717, 1.165) is 29.6 Å². The summed E-state index contributed by atoms with van der Waals surface area (Å²) >= 11 is 0. The van der Waals surface area contributed by atoms with E-state index in [-0.39, 0.29) is 11.4 Å². The van der Waals surface area contributed by atoms with Crippen LogP contribution in [0.1, 0.15) is 65.2 Å². The first-order valence-corrected chi connectivity index (χ1v) is 9.48. The van der Waals surface area contributed by atoms with Crippen molar-refractivity contribution in [3.8, 4) is 0 Å². The normalized spacial score (nSPS) is 49.4. The van der Waals surface area contributed by atoms with Gasteiger partial charge in [0.15, 0.2) is 0 Å². The Kier molecular flexibility index (Phi) is 3.43. The average molecular weight is 301 g/mol. The van der Waals surface area contributed by atoms with Crippen LogP contribution in [0.5, 0.6) is 0 Å². The molecule has 22 heavy (non-hydrogen) atoms. The van der Waals surface area contributed by atoms with Gasteiger partial charge in [0.1, 0.15) is 0 Å². The molecule has 0 aromatic carbocycles. The van der Waals surface area contributed by atoms with Gasteiger partial charge in [-0.15, -0.1) is 0 Å². The van der Waals surface area contributed by atoms with Crippen molar-refractivity contribution in [2.24, 2.45) is 35.5 Å². The fraction of sp³-hybridized carbons (Fsp3) is 0.850. The first-order valence-electron chi connectivity index (χ1n) is 9.48. The number of carbonyl (C=O) groups is 1. The molecule has 1 amide bonds. The van der Waals surface area contributed by atoms with Crippen molar-refractivity contribution in [1.29, 1.82) is 0 Å². The van der Waals surface area contributed by atoms with E-state index < -0.39 is 0 Å². The van der Waals surface area contributed by atoms with Gasteiger partial charge in [0.05, 0.1) is 0 Å². The molecule has 2 atom stereocenters. The maximum absolute atomic E-state index is 12.6. The predicted molar refractivity (Wildman–Crippen MR) is 89.2 cm³/mol. The molecular weight excluding hydrogens is 270 g/mol. The van der Waals surface area contributed by atoms with E-state index in [1.807, 2.05) is 6.92 Å². The van der Waals surface area contributed by atoms with Crippen LogP contribution in [-0.4, -0.2) is 11.4 Å². The van der Waals surface area contributed by atoms with E-state index in [1.165, 1.54) is 51.4 Å². The number of rotatable bonds is 3. The van der Waals surface area contributed by atoms with E-state index in [0.29, 0.717) is 11.5 Å². The molecule has 5 aliphatic carbocycles. The van der Waals surface area contributed by atoms with Gasteiger partial charge < -0.3 is 5.32 Å². The van der Waals surface area contributed by atoms with Gasteiger partial charge in [-0.05, 0) is 81.0 Å². The molecule has 0 aliphatic heterocycles. The van der Waals surface area contributed by atoms with E-state index >= 15 is 0 Å². The van der Waals surface area contributed by atoms with Crippen molar-refractivity contribution in [2.75, 3.05) is 0 Å². The molecule has 0 aromatic rings. The number of carbonyl (C=O) groups excluding carboxylic acids is 1. The van der Waals surface area contributed by atoms with Crippen molar-refractivity contribution in [3.63, 3.8) is 0 Å². The molecule has 1 N–H and O–H groups in total. The van der Waals surface area contributed by atoms with Gasteiger partial charge in [0, 0.05) is 11.1 Å². The summed E-state index contributed by atoms with van der Waals surface area (Å²) in [6.07, 6.45) is 11.0. The van der Waals surface area contributed by atoms with Crippen LogP contribution in [0.4, 0.5) is 0 Å². The second-order valence-electron chi connectivity index (χ2n) is 8.99. The highest BCUT2D eigenvalue weighted by molar-refractivity contribution is 5.92. The molecule has 0 radical (unpaired) electrons. The van der Waals surface area contributed by atoms with Crippen molar-refractivity contribution in [3.05, 3.63) is 12.2 Å². The Hall–Kier alpha value is -0.790. The Morgan fingerprint density at radius 1 is 1.05 bits per heavy atom. The van der Waals surface area contributed by atoms with Gasteiger partial charge in [-0.2, -0.15) is 0 Å². The van der Waals surface area contributed by atoms with E-state index in [4.69, 9.17) is 0 Å². The first-order chi connectivity index (χ1) is 10.5. The molecule has 2 nitrogen and oxygen atoms in total. The summed E-state index contributed by atoms with van der Waals surface area (Å²) in [4.78, 5) is 12.6. The molecular formula is C20H31NO. The highest BCUT2D eigenvalue weighted by Crippen LogP contribution is 2.62. The molecule has 0 saturated heterocycles. The Bertz CT molecular complexity index is 466. The predicted octanol–water partition coefficient (Wildman–Crippen LogP) is 4.31. The van der Waals surface area contributed by atoms with Crippen LogP contribution in [0.3, 0.4) is 0 Å². The van der Waals surface area contributed by atoms with Crippen LogP contribution < -0.4 is 5.32 Å². The lowest BCUT2D eigenvalue weighted by Gasteiger charge is -2.64. The molecule has 5 saturated carbocycles. The lowest BCUT2D eigenvalue weighted by Crippen LogP contribution is -2.69. The minimum absolute atomic E-state index is 0.0966. The largest absolute Gasteiger partial charge is 0.346 e. The number of hydrogen-bond acceptors (Lipinski definition) is 1. The fourth-order valence-corrected chi connectivity index (χ4v) is 7.02. The highest BCUT2D eigenvalue weighted by Gasteiger charge is 2.61. The van der Waals surface area contributed by atoms with Gasteiger partial charge in [0.25, 0.3) is 0 Å². The van der Waals surface area contributed by atoms with Crippen LogP contribution in [0, 0.1) is 35.5 Å². The lowest BCUT2D eigenvalue weighted by molar-refractivity contribution is -0.137. The van der Waals surface area contributed by atoms with Gasteiger partial charge in [0.2, 0.25) is 5.91 Å². The van der Waals surface area contributed by atoms with Gasteiger partial charge >= 0.3 is 0 Å². The molecule has 0 aromatic heterocycles. The first kappa shape index (κ1) is 14.8. The monoisotopic (exact) mass is 301 g/mol. The molecule has 2 unspecified atom stereocenters. The molecule has 5 aliphatic rings. The van der Waals surface area contributed by atoms with Crippen LogP contribution >= 0.6 is 0 Å². The van der Waals surface area contributed by atoms with Crippen LogP contribution in [0.15, 0.2) is 12.2 Å². The van der Waals surface area contributed by atoms with Crippen LogP contribution in [-0.2, 0) is 4.79 Å². The van der Waals surface area contributed by atoms with Crippen LogP contribution in [0.2, 0.25) is 0 Å². The summed E-state index contributed by atoms with van der Waals surface area (Å²) in [7, 11) is 0. The molecule has 122 valence electrons. The molecule has 0 spiro atoms. The third kappa shape index (κ3) is 2.02. The number of amides is 1. The second-order valence-corrected chi connectivity index (χ2v) is 8.99. The standard InChI is InChI=1S/C20H31NO/c1-12(2)19(22)21-20(18-6-4-5-13(18)3)16-8-14-7-15(10-16)11-17(20)9-14/h13-18H,1,4-11H2,2-3H3,(H,21,22). The summed E-state index contributed by atoms with van der Waals surface area (Å²) in [6.45, 7) is 8.19. The molecule has 2 heteroatoms. The zero-order chi connectivity index (χ0) is 15.5. The summed E-state index contributed by atoms with van der Waals surface area (Å²) in [6, 6.07) is 0. The molecule has 0 heterocycles. The summed E-state index contributed by atoms with van der Waals surface area (Å²) in [5.74, 6) is 4.96. The Labute approximate surface area is 135 Å². The summed E-state index contributed by atoms with van der Waals surface area (Å²) in [5.41, 5.74) is 0.776. The smallest absolute Gasteiger partial charge is 0.246 e. The minimum atomic E-state index is 0.0966. The fourth-order valence-electron chi connectivity index (χ4n) is 7.02. The Morgan fingerprint density at radius 2 is 1.64 bits per heavy atom. The average Bonchev–Trinajstić information content (AvgIpc) is 2.88. The van der Waals surface area contributed by atoms with E-state index in [1.54, 1.807) is 0 Å². The maximum Gasteiger partial charge on any atom is 0.246 e. The van der Waals surface area contributed by atoms with Crippen molar-refractivity contribution < 1.29 is 4.79 Å². The zero-order valence-electron chi connectivity index (χ0n) is 14.2. The molecule has 4 bridgehead atoms. The van der Waals surface area contributed by atoms with E-state index in [2.05, 4.69) is 18.8 Å². The van der Waals surface area contributed by atoms with Crippen molar-refractivity contribution in [1.82, 2.24) is 5.32 Å². The van der Waals surface area contributed by atoms with Gasteiger partial charge in [-0.1, -0.05) is 26.3 Å². The Morgan fingerprint density at radius 3 is 2.09 bits per heavy atom. The highest BCUT2D eigenvalue weighted by atomic mass is 16.1. The van der Waals surface area contributed by atoms with Crippen molar-refractivity contribution in [2.45, 2.75) is 70.8 Å². The maximum atomic E-state index is 12.6. The lowest BCUT2D eigenvalue weighted by atomic mass is 9.45. The van der Waals surface area contributed by atoms with Gasteiger partial charge in [-0.25, -0.2) is 0 Å². The van der Waals surface area contributed by atoms with Crippen molar-refractivity contribution >= 4 is 5.91 Å². The topological polar surface area (TPSA) is 29.1 Å².